The van der Waals surface area contributed by atoms with E-state index in [1.54, 1.807) is 146 Å². The number of pyridine rings is 3. The van der Waals surface area contributed by atoms with Gasteiger partial charge in [0.2, 0.25) is 5.88 Å². The Balaban J connectivity index is 0.000000119. The molecule has 0 atom stereocenters. The Kier molecular flexibility index (Phi) is 22.6. The normalized spacial score (nSPS) is 13.9. The van der Waals surface area contributed by atoms with Crippen molar-refractivity contribution in [3.8, 4) is 73.7 Å². The highest BCUT2D eigenvalue weighted by molar-refractivity contribution is 7.92. The Bertz CT molecular complexity index is 7060. The van der Waals surface area contributed by atoms with Crippen LogP contribution in [-0.2, 0) is 9.84 Å². The van der Waals surface area contributed by atoms with Gasteiger partial charge in [-0.3, -0.25) is 36.8 Å². The van der Waals surface area contributed by atoms with Crippen molar-refractivity contribution in [3.05, 3.63) is 269 Å². The van der Waals surface area contributed by atoms with E-state index >= 15 is 0 Å². The first kappa shape index (κ1) is 84.1. The molecule has 0 spiro atoms. The van der Waals surface area contributed by atoms with Crippen molar-refractivity contribution < 1.29 is 45.5 Å². The van der Waals surface area contributed by atoms with Crippen molar-refractivity contribution in [3.63, 3.8) is 0 Å². The number of aryl methyl sites for hydroxylation is 4. The predicted molar refractivity (Wildman–Crippen MR) is 471 cm³/mol. The minimum Gasteiger partial charge on any atom is -0.480 e. The maximum Gasteiger partial charge on any atom is 0.254 e. The molecule has 4 fully saturated rings. The number of rotatable bonds is 20. The zero-order valence-electron chi connectivity index (χ0n) is 71.6. The maximum absolute atomic E-state index is 14.5. The fourth-order valence-corrected chi connectivity index (χ4v) is 15.8. The lowest BCUT2D eigenvalue weighted by Gasteiger charge is -2.19. The number of methoxy groups -OCH3 is 1. The molecule has 16 aromatic rings. The SMILES string of the molecule is COc1cn2c(-n3cc(-c4cc(C(=O)NC5CC5)c(F)cc4C)cn3)cnc2cn1.Cc1cc(F)c(C(=O)NC2CC2)cc1-c1cnn(-c2cnc3ccc(C(C)C)cn23)c1.Cc1cc(F)c(C(=O)NC2CC2)cc1-c1cnn(-c2cnc3ccc(S(=O)(=O)C(C)(C)C)cn23)c1.Cc1ccc(C(=O)NC2CC2)cc1-c1cnn(-c2cnc3ccc(C(C)C)cn23)c1. The summed E-state index contributed by atoms with van der Waals surface area (Å²) in [6.07, 6.45) is 38.1. The van der Waals surface area contributed by atoms with Crippen molar-refractivity contribution in [2.24, 2.45) is 0 Å². The number of fused-ring (bicyclic) bond motifs is 4. The largest absolute Gasteiger partial charge is 0.480 e. The van der Waals surface area contributed by atoms with Crippen LogP contribution in [0.1, 0.15) is 186 Å². The zero-order chi connectivity index (χ0) is 88.5. The fraction of sp³-hybridized carbons (Fsp3) is 0.287. The Labute approximate surface area is 723 Å². The number of carbonyl (C=O) groups excluding carboxylic acids is 4. The van der Waals surface area contributed by atoms with Gasteiger partial charge < -0.3 is 26.0 Å². The number of aromatic nitrogens is 17. The Morgan fingerprint density at radius 2 is 0.722 bits per heavy atom. The van der Waals surface area contributed by atoms with Gasteiger partial charge in [-0.2, -0.15) is 20.4 Å². The average molecular weight is 1720 g/mol. The summed E-state index contributed by atoms with van der Waals surface area (Å²) in [6, 6.07) is 27.0. The van der Waals surface area contributed by atoms with Crippen molar-refractivity contribution >= 4 is 56.1 Å². The highest BCUT2D eigenvalue weighted by Gasteiger charge is 2.34. The smallest absolute Gasteiger partial charge is 0.254 e. The average Bonchev–Trinajstić information content (AvgIpc) is 1.59. The van der Waals surface area contributed by atoms with E-state index < -0.39 is 37.9 Å². The van der Waals surface area contributed by atoms with Crippen LogP contribution >= 0.6 is 0 Å². The molecule has 644 valence electrons. The molecule has 4 amide bonds. The van der Waals surface area contributed by atoms with Gasteiger partial charge in [-0.05, 0) is 240 Å². The summed E-state index contributed by atoms with van der Waals surface area (Å²) >= 11 is 0. The zero-order valence-corrected chi connectivity index (χ0v) is 72.4. The fourth-order valence-electron chi connectivity index (χ4n) is 14.6. The second-order valence-corrected chi connectivity index (χ2v) is 36.9. The minimum atomic E-state index is -3.56. The number of hydrogen-bond acceptors (Lipinski definition) is 16. The number of benzene rings is 4. The van der Waals surface area contributed by atoms with Gasteiger partial charge in [0.15, 0.2) is 38.8 Å². The van der Waals surface area contributed by atoms with Gasteiger partial charge in [-0.1, -0.05) is 45.9 Å². The van der Waals surface area contributed by atoms with E-state index in [1.807, 2.05) is 88.6 Å². The van der Waals surface area contributed by atoms with Gasteiger partial charge in [0.05, 0.1) is 95.4 Å². The summed E-state index contributed by atoms with van der Waals surface area (Å²) < 4.78 is 88.0. The van der Waals surface area contributed by atoms with Crippen molar-refractivity contribution in [2.45, 2.75) is 173 Å². The number of nitrogens with zero attached hydrogens (tertiary/aromatic N) is 17. The van der Waals surface area contributed by atoms with Crippen LogP contribution in [-0.4, -0.2) is 150 Å². The molecule has 32 heteroatoms. The highest BCUT2D eigenvalue weighted by atomic mass is 32.2. The molecule has 0 radical (unpaired) electrons. The molecule has 0 aliphatic heterocycles. The summed E-state index contributed by atoms with van der Waals surface area (Å²) in [5.74, 6) is 1.46. The van der Waals surface area contributed by atoms with E-state index in [9.17, 15) is 40.8 Å². The number of amides is 4. The number of carbonyl (C=O) groups is 4. The number of sulfone groups is 1. The third kappa shape index (κ3) is 17.6. The molecule has 20 rings (SSSR count). The lowest BCUT2D eigenvalue weighted by Crippen LogP contribution is -2.28. The molecule has 4 N–H and O–H groups in total. The maximum atomic E-state index is 14.5. The minimum absolute atomic E-state index is 0.00270. The summed E-state index contributed by atoms with van der Waals surface area (Å²) in [5.41, 5.74) is 15.9. The van der Waals surface area contributed by atoms with E-state index in [0.717, 1.165) is 124 Å². The number of nitrogens with one attached hydrogen (secondary N) is 4. The molecule has 12 aromatic heterocycles. The Hall–Kier alpha value is -14.2. The van der Waals surface area contributed by atoms with Gasteiger partial charge in [0, 0.05) is 95.4 Å². The Morgan fingerprint density at radius 3 is 1.07 bits per heavy atom. The van der Waals surface area contributed by atoms with Crippen LogP contribution in [0.25, 0.3) is 90.4 Å². The first-order chi connectivity index (χ1) is 60.4. The quantitative estimate of drug-likeness (QED) is 0.0551. The first-order valence-electron chi connectivity index (χ1n) is 41.9. The Morgan fingerprint density at radius 1 is 0.389 bits per heavy atom. The third-order valence-electron chi connectivity index (χ3n) is 22.8. The van der Waals surface area contributed by atoms with Crippen molar-refractivity contribution in [1.29, 1.82) is 0 Å². The summed E-state index contributed by atoms with van der Waals surface area (Å²) in [5, 5.41) is 29.6. The van der Waals surface area contributed by atoms with E-state index in [1.165, 1.54) is 29.3 Å². The summed E-state index contributed by atoms with van der Waals surface area (Å²) in [4.78, 5) is 71.9. The predicted octanol–water partition coefficient (Wildman–Crippen LogP) is 16.2. The van der Waals surface area contributed by atoms with Gasteiger partial charge in [0.25, 0.3) is 23.6 Å². The number of halogens is 3. The van der Waals surface area contributed by atoms with E-state index in [2.05, 4.69) is 130 Å². The van der Waals surface area contributed by atoms with E-state index in [-0.39, 0.29) is 57.4 Å². The first-order valence-corrected chi connectivity index (χ1v) is 43.4. The number of ether oxygens (including phenoxy) is 1. The molecule has 4 aliphatic rings. The van der Waals surface area contributed by atoms with Crippen LogP contribution in [0.4, 0.5) is 13.2 Å². The summed E-state index contributed by atoms with van der Waals surface area (Å²) in [7, 11) is -2.01. The highest BCUT2D eigenvalue weighted by Crippen LogP contribution is 2.36. The summed E-state index contributed by atoms with van der Waals surface area (Å²) in [6.45, 7) is 21.1. The van der Waals surface area contributed by atoms with Gasteiger partial charge in [-0.15, -0.1) is 0 Å². The van der Waals surface area contributed by atoms with E-state index in [4.69, 9.17) is 4.74 Å². The molecule has 4 aromatic carbocycles. The second kappa shape index (κ2) is 33.8. The molecular weight excluding hydrogens is 1620 g/mol. The van der Waals surface area contributed by atoms with Crippen LogP contribution in [0, 0.1) is 45.1 Å². The molecule has 4 saturated carbocycles. The second-order valence-electron chi connectivity index (χ2n) is 34.2. The molecule has 28 nitrogen and oxygen atoms in total. The molecule has 12 heterocycles. The van der Waals surface area contributed by atoms with Crippen molar-refractivity contribution in [2.75, 3.05) is 7.11 Å². The monoisotopic (exact) mass is 1720 g/mol. The molecule has 0 saturated heterocycles. The van der Waals surface area contributed by atoms with Gasteiger partial charge >= 0.3 is 0 Å². The van der Waals surface area contributed by atoms with Crippen LogP contribution in [0.2, 0.25) is 0 Å². The molecular formula is C94H94F3N21O7S. The van der Waals surface area contributed by atoms with Gasteiger partial charge in [-0.25, -0.2) is 65.2 Å². The molecule has 0 unspecified atom stereocenters. The molecule has 0 bridgehead atoms. The third-order valence-corrected chi connectivity index (χ3v) is 25.3. The van der Waals surface area contributed by atoms with Gasteiger partial charge in [0.1, 0.15) is 34.4 Å². The lowest BCUT2D eigenvalue weighted by atomic mass is 9.99. The number of hydrogen-bond donors (Lipinski definition) is 4. The molecule has 4 aliphatic carbocycles. The van der Waals surface area contributed by atoms with Crippen LogP contribution < -0.4 is 26.0 Å². The lowest BCUT2D eigenvalue weighted by molar-refractivity contribution is 0.0938. The van der Waals surface area contributed by atoms with E-state index in [0.29, 0.717) is 68.9 Å². The topological polar surface area (TPSA) is 313 Å². The number of imidazole rings is 4. The standard InChI is InChI=1S/C25H26FN5O3S.C24H24FN5O.C24H25N5O.C21H19FN6O2/c1-15-9-21(26)20(24(32)29-17-5-6-17)10-19(15)16-11-28-31(13-16)23-12-27-22-8-7-18(14-30(22)23)35(33,34)25(2,3)4;1-14(2)16-4-7-22-26-11-23(29(22)12-16)30-13-17(10-27-30)19-9-20(21(25)8-15(19)3)24(31)28-18-5-6-18;1-15(2)18-6-9-22-25-12-23(28(22)13-18)29-14-19(11-26-29)21-10-17(5-4-16(21)3)24(30)27-20-7-8-20;1-12-5-17(22)16(21(29)26-14-3-4-14)6-15(12)13-7-25-28(10-13)20-9-23-18-8-24-19(30-2)11-27(18)20/h7-14,17H,5-6H2,1-4H3,(H,29,32);4,7-14,18H,5-6H2,1-3H3,(H,28,31);4-6,9-15,20H,7-8H2,1-3H3,(H,27,30);5-11,14H,3-4H2,1-2H3,(H,26,29). The molecule has 126 heavy (non-hydrogen) atoms. The van der Waals surface area contributed by atoms with Crippen molar-refractivity contribution in [1.82, 2.24) is 103 Å². The van der Waals surface area contributed by atoms with Crippen LogP contribution in [0.5, 0.6) is 5.88 Å². The van der Waals surface area contributed by atoms with Crippen LogP contribution in [0.15, 0.2) is 201 Å². The van der Waals surface area contributed by atoms with Crippen LogP contribution in [0.3, 0.4) is 0 Å².